The van der Waals surface area contributed by atoms with Crippen LogP contribution >= 0.6 is 34.5 Å². The van der Waals surface area contributed by atoms with Gasteiger partial charge in [0.1, 0.15) is 0 Å². The third-order valence-corrected chi connectivity index (χ3v) is 4.23. The molecular weight excluding hydrogens is 275 g/mol. The van der Waals surface area contributed by atoms with E-state index >= 15 is 0 Å². The molecule has 0 aliphatic carbocycles. The van der Waals surface area contributed by atoms with Gasteiger partial charge in [-0.25, -0.2) is 5.43 Å². The van der Waals surface area contributed by atoms with Crippen LogP contribution in [0.3, 0.4) is 0 Å². The Hall–Kier alpha value is -0.580. The van der Waals surface area contributed by atoms with Crippen molar-refractivity contribution >= 4 is 34.5 Å². The lowest BCUT2D eigenvalue weighted by atomic mass is 10.1. The lowest BCUT2D eigenvalue weighted by molar-refractivity contribution is 0.647. The van der Waals surface area contributed by atoms with Crippen LogP contribution in [0.2, 0.25) is 10.0 Å². The predicted octanol–water partition coefficient (Wildman–Crippen LogP) is 3.92. The van der Waals surface area contributed by atoms with Gasteiger partial charge in [-0.2, -0.15) is 0 Å². The van der Waals surface area contributed by atoms with Crippen molar-refractivity contribution in [1.29, 1.82) is 0 Å². The second-order valence-electron chi connectivity index (χ2n) is 3.68. The zero-order chi connectivity index (χ0) is 12.4. The number of halogens is 2. The summed E-state index contributed by atoms with van der Waals surface area (Å²) in [6.07, 6.45) is 0. The molecule has 0 saturated heterocycles. The van der Waals surface area contributed by atoms with Crippen molar-refractivity contribution in [1.82, 2.24) is 5.43 Å². The molecule has 0 saturated carbocycles. The summed E-state index contributed by atoms with van der Waals surface area (Å²) in [5.41, 5.74) is 3.59. The highest BCUT2D eigenvalue weighted by Crippen LogP contribution is 2.36. The van der Waals surface area contributed by atoms with E-state index in [1.54, 1.807) is 11.3 Å². The number of rotatable bonds is 3. The minimum atomic E-state index is -0.171. The van der Waals surface area contributed by atoms with Gasteiger partial charge in [0, 0.05) is 25.4 Å². The third kappa shape index (κ3) is 2.64. The normalized spacial score (nSPS) is 12.7. The van der Waals surface area contributed by atoms with Crippen LogP contribution in [0.1, 0.15) is 21.4 Å². The molecule has 3 N–H and O–H groups in total. The van der Waals surface area contributed by atoms with Crippen LogP contribution in [0.4, 0.5) is 0 Å². The summed E-state index contributed by atoms with van der Waals surface area (Å²) in [4.78, 5) is 2.32. The summed E-state index contributed by atoms with van der Waals surface area (Å²) in [7, 11) is 0. The summed E-state index contributed by atoms with van der Waals surface area (Å²) in [6.45, 7) is 2.05. The molecule has 0 aliphatic heterocycles. The molecule has 17 heavy (non-hydrogen) atoms. The Morgan fingerprint density at radius 1 is 1.18 bits per heavy atom. The van der Waals surface area contributed by atoms with E-state index in [-0.39, 0.29) is 6.04 Å². The Bertz CT molecular complexity index is 505. The van der Waals surface area contributed by atoms with E-state index in [0.29, 0.717) is 10.0 Å². The summed E-state index contributed by atoms with van der Waals surface area (Å²) in [5, 5.41) is 1.23. The average molecular weight is 287 g/mol. The van der Waals surface area contributed by atoms with Gasteiger partial charge >= 0.3 is 0 Å². The van der Waals surface area contributed by atoms with Gasteiger partial charge in [0.15, 0.2) is 0 Å². The molecule has 2 aromatic rings. The van der Waals surface area contributed by atoms with Gasteiger partial charge in [-0.1, -0.05) is 29.3 Å². The van der Waals surface area contributed by atoms with Crippen molar-refractivity contribution in [2.75, 3.05) is 0 Å². The van der Waals surface area contributed by atoms with E-state index in [1.807, 2.05) is 24.3 Å². The van der Waals surface area contributed by atoms with Crippen LogP contribution in [0.5, 0.6) is 0 Å². The molecule has 1 heterocycles. The molecule has 0 spiro atoms. The number of benzene rings is 1. The fraction of sp³-hybridized carbons (Fsp3) is 0.167. The van der Waals surface area contributed by atoms with Crippen molar-refractivity contribution in [2.24, 2.45) is 5.84 Å². The molecule has 90 valence electrons. The Morgan fingerprint density at radius 3 is 2.29 bits per heavy atom. The van der Waals surface area contributed by atoms with Crippen molar-refractivity contribution < 1.29 is 0 Å². The minimum Gasteiger partial charge on any atom is -0.271 e. The molecule has 1 atom stereocenters. The Labute approximate surface area is 114 Å². The summed E-state index contributed by atoms with van der Waals surface area (Å²) in [5.74, 6) is 5.62. The molecule has 1 aromatic carbocycles. The van der Waals surface area contributed by atoms with Crippen molar-refractivity contribution in [3.63, 3.8) is 0 Å². The largest absolute Gasteiger partial charge is 0.271 e. The maximum atomic E-state index is 6.18. The molecular formula is C12H12Cl2N2S. The van der Waals surface area contributed by atoms with Gasteiger partial charge in [0.2, 0.25) is 0 Å². The SMILES string of the molecule is Cc1ccc(C(NN)c2c(Cl)cccc2Cl)s1. The van der Waals surface area contributed by atoms with Crippen LogP contribution < -0.4 is 11.3 Å². The van der Waals surface area contributed by atoms with E-state index < -0.39 is 0 Å². The molecule has 0 radical (unpaired) electrons. The fourth-order valence-corrected chi connectivity index (χ4v) is 3.27. The first-order chi connectivity index (χ1) is 8.13. The fourth-order valence-electron chi connectivity index (χ4n) is 1.70. The summed E-state index contributed by atoms with van der Waals surface area (Å²) in [6, 6.07) is 9.36. The molecule has 0 bridgehead atoms. The smallest absolute Gasteiger partial charge is 0.0831 e. The first-order valence-corrected chi connectivity index (χ1v) is 6.67. The summed E-state index contributed by atoms with van der Waals surface area (Å²) >= 11 is 14.0. The van der Waals surface area contributed by atoms with Gasteiger partial charge in [0.25, 0.3) is 0 Å². The molecule has 1 unspecified atom stereocenters. The minimum absolute atomic E-state index is 0.171. The monoisotopic (exact) mass is 286 g/mol. The van der Waals surface area contributed by atoms with Crippen molar-refractivity contribution in [2.45, 2.75) is 13.0 Å². The quantitative estimate of drug-likeness (QED) is 0.663. The van der Waals surface area contributed by atoms with Gasteiger partial charge in [-0.15, -0.1) is 11.3 Å². The van der Waals surface area contributed by atoms with Crippen molar-refractivity contribution in [3.05, 3.63) is 55.7 Å². The van der Waals surface area contributed by atoms with Crippen molar-refractivity contribution in [3.8, 4) is 0 Å². The Kier molecular flexibility index (Phi) is 4.07. The number of hydrogen-bond donors (Lipinski definition) is 2. The highest BCUT2D eigenvalue weighted by Gasteiger charge is 2.19. The van der Waals surface area contributed by atoms with E-state index in [2.05, 4.69) is 18.4 Å². The molecule has 2 rings (SSSR count). The van der Waals surface area contributed by atoms with E-state index in [4.69, 9.17) is 29.0 Å². The zero-order valence-corrected chi connectivity index (χ0v) is 11.5. The lowest BCUT2D eigenvalue weighted by Crippen LogP contribution is -2.28. The standard InChI is InChI=1S/C12H12Cl2N2S/c1-7-5-6-10(17-7)12(16-15)11-8(13)3-2-4-9(11)14/h2-6,12,16H,15H2,1H3. The highest BCUT2D eigenvalue weighted by atomic mass is 35.5. The van der Waals surface area contributed by atoms with Crippen LogP contribution in [-0.2, 0) is 0 Å². The number of nitrogens with two attached hydrogens (primary N) is 1. The van der Waals surface area contributed by atoms with Gasteiger partial charge < -0.3 is 0 Å². The topological polar surface area (TPSA) is 38.0 Å². The van der Waals surface area contributed by atoms with Crippen LogP contribution in [0.15, 0.2) is 30.3 Å². The van der Waals surface area contributed by atoms with E-state index in [9.17, 15) is 0 Å². The second-order valence-corrected chi connectivity index (χ2v) is 5.82. The maximum Gasteiger partial charge on any atom is 0.0831 e. The van der Waals surface area contributed by atoms with Crippen LogP contribution in [-0.4, -0.2) is 0 Å². The second kappa shape index (κ2) is 5.38. The highest BCUT2D eigenvalue weighted by molar-refractivity contribution is 7.12. The molecule has 0 aliphatic rings. The molecule has 2 nitrogen and oxygen atoms in total. The Balaban J connectivity index is 2.49. The van der Waals surface area contributed by atoms with Crippen LogP contribution in [0.25, 0.3) is 0 Å². The van der Waals surface area contributed by atoms with Gasteiger partial charge in [-0.3, -0.25) is 5.84 Å². The number of aryl methyl sites for hydroxylation is 1. The maximum absolute atomic E-state index is 6.18. The number of hydrazine groups is 1. The van der Waals surface area contributed by atoms with Gasteiger partial charge in [0.05, 0.1) is 6.04 Å². The van der Waals surface area contributed by atoms with E-state index in [1.165, 1.54) is 4.88 Å². The lowest BCUT2D eigenvalue weighted by Gasteiger charge is -2.17. The first-order valence-electron chi connectivity index (χ1n) is 5.10. The molecule has 5 heteroatoms. The zero-order valence-electron chi connectivity index (χ0n) is 9.21. The average Bonchev–Trinajstić information content (AvgIpc) is 2.70. The number of hydrogen-bond acceptors (Lipinski definition) is 3. The molecule has 1 aromatic heterocycles. The van der Waals surface area contributed by atoms with Gasteiger partial charge in [-0.05, 0) is 31.2 Å². The third-order valence-electron chi connectivity index (χ3n) is 2.50. The number of thiophene rings is 1. The Morgan fingerprint density at radius 2 is 1.82 bits per heavy atom. The molecule has 0 fully saturated rings. The van der Waals surface area contributed by atoms with E-state index in [0.717, 1.165) is 10.4 Å². The first kappa shape index (κ1) is 12.9. The number of nitrogens with one attached hydrogen (secondary N) is 1. The van der Waals surface area contributed by atoms with Crippen LogP contribution in [0, 0.1) is 6.92 Å². The molecule has 0 amide bonds. The predicted molar refractivity (Wildman–Crippen MR) is 74.7 cm³/mol. The summed E-state index contributed by atoms with van der Waals surface area (Å²) < 4.78 is 0.